The van der Waals surface area contributed by atoms with Gasteiger partial charge in [-0.05, 0) is 75.3 Å². The fourth-order valence-corrected chi connectivity index (χ4v) is 5.48. The molecule has 0 atom stereocenters. The van der Waals surface area contributed by atoms with Crippen LogP contribution in [-0.2, 0) is 0 Å². The monoisotopic (exact) mass is 497 g/mol. The second-order valence-corrected chi connectivity index (χ2v) is 9.70. The predicted octanol–water partition coefficient (Wildman–Crippen LogP) is 9.87. The Kier molecular flexibility index (Phi) is 4.36. The van der Waals surface area contributed by atoms with Crippen molar-refractivity contribution in [3.63, 3.8) is 0 Å². The van der Waals surface area contributed by atoms with Gasteiger partial charge in [-0.2, -0.15) is 0 Å². The summed E-state index contributed by atoms with van der Waals surface area (Å²) < 4.78 is 1.09. The standard InChI is InChI=1S/C32H20BrN/c33-26-15-11-21(12-16-26)22-13-17-27(18-14-22)34-30-10-4-8-23-7-3-9-28(32(23)30)29-19-24-5-1-2-6-25(24)20-31(29)34/h1-20H. The Morgan fingerprint density at radius 1 is 0.471 bits per heavy atom. The van der Waals surface area contributed by atoms with Crippen LogP contribution in [0, 0.1) is 0 Å². The molecule has 0 aliphatic carbocycles. The number of benzene rings is 6. The Bertz CT molecular complexity index is 1690. The van der Waals surface area contributed by atoms with E-state index in [0.717, 1.165) is 4.47 Å². The Hall–Kier alpha value is -3.88. The summed E-state index contributed by atoms with van der Waals surface area (Å²) in [6.45, 7) is 0. The minimum Gasteiger partial charge on any atom is -0.309 e. The van der Waals surface area contributed by atoms with E-state index in [9.17, 15) is 0 Å². The number of hydrogen-bond donors (Lipinski definition) is 0. The predicted molar refractivity (Wildman–Crippen MR) is 148 cm³/mol. The molecule has 0 saturated heterocycles. The summed E-state index contributed by atoms with van der Waals surface area (Å²) in [6.07, 6.45) is 0. The maximum Gasteiger partial charge on any atom is 0.0546 e. The van der Waals surface area contributed by atoms with Crippen LogP contribution >= 0.6 is 15.9 Å². The molecule has 160 valence electrons. The lowest BCUT2D eigenvalue weighted by Gasteiger charge is -2.34. The summed E-state index contributed by atoms with van der Waals surface area (Å²) in [5.74, 6) is 0. The normalized spacial score (nSPS) is 12.2. The van der Waals surface area contributed by atoms with Crippen LogP contribution < -0.4 is 4.90 Å². The number of halogens is 1. The fourth-order valence-electron chi connectivity index (χ4n) is 5.21. The zero-order chi connectivity index (χ0) is 22.6. The third-order valence-electron chi connectivity index (χ3n) is 6.82. The van der Waals surface area contributed by atoms with Crippen LogP contribution in [0.5, 0.6) is 0 Å². The Morgan fingerprint density at radius 2 is 1.09 bits per heavy atom. The van der Waals surface area contributed by atoms with Gasteiger partial charge in [-0.25, -0.2) is 0 Å². The van der Waals surface area contributed by atoms with Crippen molar-refractivity contribution < 1.29 is 0 Å². The maximum atomic E-state index is 3.53. The summed E-state index contributed by atoms with van der Waals surface area (Å²) >= 11 is 3.53. The molecule has 0 N–H and O–H groups in total. The molecule has 0 amide bonds. The second-order valence-electron chi connectivity index (χ2n) is 8.79. The Balaban J connectivity index is 1.47. The van der Waals surface area contributed by atoms with E-state index in [-0.39, 0.29) is 0 Å². The summed E-state index contributed by atoms with van der Waals surface area (Å²) in [5.41, 5.74) is 8.63. The third kappa shape index (κ3) is 2.99. The lowest BCUT2D eigenvalue weighted by atomic mass is 9.89. The zero-order valence-corrected chi connectivity index (χ0v) is 20.0. The van der Waals surface area contributed by atoms with E-state index in [2.05, 4.69) is 142 Å². The van der Waals surface area contributed by atoms with Gasteiger partial charge in [0.15, 0.2) is 0 Å². The first-order valence-electron chi connectivity index (χ1n) is 11.5. The molecule has 7 rings (SSSR count). The summed E-state index contributed by atoms with van der Waals surface area (Å²) in [4.78, 5) is 2.42. The molecule has 0 bridgehead atoms. The minimum atomic E-state index is 1.09. The van der Waals surface area contributed by atoms with Crippen LogP contribution in [0.4, 0.5) is 17.1 Å². The van der Waals surface area contributed by atoms with Crippen LogP contribution in [0.3, 0.4) is 0 Å². The molecule has 34 heavy (non-hydrogen) atoms. The van der Waals surface area contributed by atoms with E-state index >= 15 is 0 Å². The molecule has 0 spiro atoms. The maximum absolute atomic E-state index is 3.53. The van der Waals surface area contributed by atoms with Crippen molar-refractivity contribution in [1.82, 2.24) is 0 Å². The molecule has 6 aromatic rings. The van der Waals surface area contributed by atoms with Gasteiger partial charge >= 0.3 is 0 Å². The molecule has 1 nitrogen and oxygen atoms in total. The van der Waals surface area contributed by atoms with Gasteiger partial charge < -0.3 is 4.90 Å². The highest BCUT2D eigenvalue weighted by Gasteiger charge is 2.26. The van der Waals surface area contributed by atoms with E-state index in [1.807, 2.05) is 0 Å². The van der Waals surface area contributed by atoms with Gasteiger partial charge in [0.1, 0.15) is 0 Å². The van der Waals surface area contributed by atoms with E-state index in [1.54, 1.807) is 0 Å². The smallest absolute Gasteiger partial charge is 0.0546 e. The van der Waals surface area contributed by atoms with Crippen LogP contribution in [0.1, 0.15) is 0 Å². The highest BCUT2D eigenvalue weighted by molar-refractivity contribution is 9.10. The molecule has 0 fully saturated rings. The largest absolute Gasteiger partial charge is 0.309 e. The van der Waals surface area contributed by atoms with Crippen molar-refractivity contribution >= 4 is 54.5 Å². The molecule has 6 aromatic carbocycles. The average molecular weight is 498 g/mol. The van der Waals surface area contributed by atoms with E-state index in [1.165, 1.54) is 60.9 Å². The first kappa shape index (κ1) is 19.6. The molecule has 1 aliphatic heterocycles. The first-order valence-corrected chi connectivity index (χ1v) is 12.3. The van der Waals surface area contributed by atoms with Gasteiger partial charge in [-0.3, -0.25) is 0 Å². The fraction of sp³-hybridized carbons (Fsp3) is 0. The number of anilines is 3. The van der Waals surface area contributed by atoms with Crippen molar-refractivity contribution in [3.8, 4) is 22.3 Å². The highest BCUT2D eigenvalue weighted by atomic mass is 79.9. The summed E-state index contributed by atoms with van der Waals surface area (Å²) in [5, 5.41) is 5.10. The summed E-state index contributed by atoms with van der Waals surface area (Å²) in [7, 11) is 0. The van der Waals surface area contributed by atoms with Crippen LogP contribution in [0.15, 0.2) is 126 Å². The van der Waals surface area contributed by atoms with Gasteiger partial charge in [0.2, 0.25) is 0 Å². The van der Waals surface area contributed by atoms with Gasteiger partial charge in [0, 0.05) is 21.1 Å². The molecule has 1 aliphatic rings. The van der Waals surface area contributed by atoms with Crippen LogP contribution in [0.2, 0.25) is 0 Å². The molecule has 0 saturated carbocycles. The Morgan fingerprint density at radius 3 is 1.82 bits per heavy atom. The van der Waals surface area contributed by atoms with Crippen LogP contribution in [-0.4, -0.2) is 0 Å². The molecule has 2 heteroatoms. The van der Waals surface area contributed by atoms with Gasteiger partial charge in [-0.15, -0.1) is 0 Å². The van der Waals surface area contributed by atoms with Crippen molar-refractivity contribution in [2.75, 3.05) is 4.90 Å². The quantitative estimate of drug-likeness (QED) is 0.229. The third-order valence-corrected chi connectivity index (χ3v) is 7.35. The van der Waals surface area contributed by atoms with Gasteiger partial charge in [0.25, 0.3) is 0 Å². The number of hydrogen-bond acceptors (Lipinski definition) is 1. The topological polar surface area (TPSA) is 3.24 Å². The first-order chi connectivity index (χ1) is 16.8. The molecular formula is C32H20BrN. The van der Waals surface area contributed by atoms with Gasteiger partial charge in [-0.1, -0.05) is 94.8 Å². The SMILES string of the molecule is Brc1ccc(-c2ccc(N3c4cc5ccccc5cc4-c4cccc5cccc3c45)cc2)cc1. The zero-order valence-electron chi connectivity index (χ0n) is 18.4. The Labute approximate surface area is 207 Å². The van der Waals surface area contributed by atoms with E-state index in [0.29, 0.717) is 0 Å². The van der Waals surface area contributed by atoms with Crippen molar-refractivity contribution in [3.05, 3.63) is 126 Å². The number of fused-ring (bicyclic) bond motifs is 3. The molecule has 0 unspecified atom stereocenters. The molecule has 1 heterocycles. The lowest BCUT2D eigenvalue weighted by Crippen LogP contribution is -2.15. The second kappa shape index (κ2) is 7.58. The highest BCUT2D eigenvalue weighted by Crippen LogP contribution is 2.51. The minimum absolute atomic E-state index is 1.09. The number of rotatable bonds is 2. The van der Waals surface area contributed by atoms with Gasteiger partial charge in [0.05, 0.1) is 11.4 Å². The van der Waals surface area contributed by atoms with E-state index < -0.39 is 0 Å². The van der Waals surface area contributed by atoms with Crippen LogP contribution in [0.25, 0.3) is 43.8 Å². The van der Waals surface area contributed by atoms with Crippen molar-refractivity contribution in [2.45, 2.75) is 0 Å². The summed E-state index contributed by atoms with van der Waals surface area (Å²) in [6, 6.07) is 44.0. The molecule has 0 radical (unpaired) electrons. The molecule has 0 aromatic heterocycles. The number of nitrogens with zero attached hydrogens (tertiary/aromatic N) is 1. The lowest BCUT2D eigenvalue weighted by molar-refractivity contribution is 1.29. The van der Waals surface area contributed by atoms with E-state index in [4.69, 9.17) is 0 Å². The van der Waals surface area contributed by atoms with Crippen molar-refractivity contribution in [1.29, 1.82) is 0 Å². The van der Waals surface area contributed by atoms with Crippen molar-refractivity contribution in [2.24, 2.45) is 0 Å². The average Bonchev–Trinajstić information content (AvgIpc) is 2.89. The molecular weight excluding hydrogens is 478 g/mol.